The number of ether oxygens (including phenoxy) is 1. The molecule has 0 bridgehead atoms. The van der Waals surface area contributed by atoms with E-state index in [2.05, 4.69) is 20.6 Å². The maximum atomic E-state index is 11.8. The van der Waals surface area contributed by atoms with Gasteiger partial charge in [0.15, 0.2) is 6.10 Å². The SMILES string of the molecule is CCC1Oc2cc(C(C)Nc3cncc(SC)n3)ccc2NC1=O. The minimum Gasteiger partial charge on any atom is -0.478 e. The predicted octanol–water partition coefficient (Wildman–Crippen LogP) is 3.48. The highest BCUT2D eigenvalue weighted by Crippen LogP contribution is 2.33. The molecule has 2 heterocycles. The van der Waals surface area contributed by atoms with Crippen molar-refractivity contribution in [2.24, 2.45) is 0 Å². The number of carbonyl (C=O) groups excluding carboxylic acids is 1. The Morgan fingerprint density at radius 2 is 2.25 bits per heavy atom. The van der Waals surface area contributed by atoms with Crippen molar-refractivity contribution in [3.8, 4) is 5.75 Å². The van der Waals surface area contributed by atoms with E-state index in [0.29, 0.717) is 17.9 Å². The zero-order valence-electron chi connectivity index (χ0n) is 13.9. The number of carbonyl (C=O) groups is 1. The van der Waals surface area contributed by atoms with Gasteiger partial charge in [0, 0.05) is 0 Å². The van der Waals surface area contributed by atoms with Gasteiger partial charge in [-0.25, -0.2) is 4.98 Å². The molecule has 24 heavy (non-hydrogen) atoms. The third-order valence-corrected chi connectivity index (χ3v) is 4.50. The minimum atomic E-state index is -0.430. The molecule has 0 spiro atoms. The number of fused-ring (bicyclic) bond motifs is 1. The van der Waals surface area contributed by atoms with Gasteiger partial charge in [-0.1, -0.05) is 13.0 Å². The molecule has 1 aromatic heterocycles. The minimum absolute atomic E-state index is 0.0306. The highest BCUT2D eigenvalue weighted by molar-refractivity contribution is 7.98. The summed E-state index contributed by atoms with van der Waals surface area (Å²) in [5.74, 6) is 1.34. The van der Waals surface area contributed by atoms with Crippen molar-refractivity contribution in [2.45, 2.75) is 37.4 Å². The van der Waals surface area contributed by atoms with Crippen LogP contribution < -0.4 is 15.4 Å². The Morgan fingerprint density at radius 3 is 3.00 bits per heavy atom. The Balaban J connectivity index is 1.78. The van der Waals surface area contributed by atoms with E-state index in [1.54, 1.807) is 24.2 Å². The molecule has 1 amide bonds. The van der Waals surface area contributed by atoms with Crippen molar-refractivity contribution >= 4 is 29.2 Å². The van der Waals surface area contributed by atoms with Gasteiger partial charge in [-0.3, -0.25) is 9.78 Å². The average Bonchev–Trinajstić information content (AvgIpc) is 2.60. The number of amides is 1. The molecule has 3 rings (SSSR count). The Hall–Kier alpha value is -2.28. The second-order valence-electron chi connectivity index (χ2n) is 5.57. The maximum absolute atomic E-state index is 11.8. The number of anilines is 2. The van der Waals surface area contributed by atoms with Gasteiger partial charge in [-0.05, 0) is 37.3 Å². The van der Waals surface area contributed by atoms with Crippen LogP contribution in [0.3, 0.4) is 0 Å². The molecule has 7 heteroatoms. The normalized spacial score (nSPS) is 17.5. The van der Waals surface area contributed by atoms with Gasteiger partial charge < -0.3 is 15.4 Å². The standard InChI is InChI=1S/C17H20N4O2S/c1-4-13-17(22)20-12-6-5-11(7-14(12)23-13)10(2)19-15-8-18-9-16(21-15)24-3/h5-10,13H,4H2,1-3H3,(H,19,21)(H,20,22). The van der Waals surface area contributed by atoms with Gasteiger partial charge in [0.2, 0.25) is 0 Å². The zero-order valence-corrected chi connectivity index (χ0v) is 14.7. The summed E-state index contributed by atoms with van der Waals surface area (Å²) in [4.78, 5) is 20.5. The van der Waals surface area contributed by atoms with Crippen LogP contribution in [-0.4, -0.2) is 28.2 Å². The molecular formula is C17H20N4O2S. The lowest BCUT2D eigenvalue weighted by atomic mass is 10.1. The summed E-state index contributed by atoms with van der Waals surface area (Å²) in [5, 5.41) is 7.10. The Bertz CT molecular complexity index is 753. The highest BCUT2D eigenvalue weighted by Gasteiger charge is 2.26. The molecule has 0 radical (unpaired) electrons. The van der Waals surface area contributed by atoms with E-state index < -0.39 is 6.10 Å². The lowest BCUT2D eigenvalue weighted by Gasteiger charge is -2.26. The van der Waals surface area contributed by atoms with E-state index in [1.807, 2.05) is 38.3 Å². The number of rotatable bonds is 5. The van der Waals surface area contributed by atoms with E-state index in [4.69, 9.17) is 4.74 Å². The van der Waals surface area contributed by atoms with Gasteiger partial charge in [0.25, 0.3) is 5.91 Å². The number of aromatic nitrogens is 2. The van der Waals surface area contributed by atoms with Crippen molar-refractivity contribution in [1.29, 1.82) is 0 Å². The first-order valence-electron chi connectivity index (χ1n) is 7.84. The summed E-state index contributed by atoms with van der Waals surface area (Å²) in [6, 6.07) is 5.83. The molecule has 2 N–H and O–H groups in total. The number of thioether (sulfide) groups is 1. The summed E-state index contributed by atoms with van der Waals surface area (Å²) in [7, 11) is 0. The van der Waals surface area contributed by atoms with Crippen LogP contribution in [-0.2, 0) is 4.79 Å². The van der Waals surface area contributed by atoms with Crippen LogP contribution >= 0.6 is 11.8 Å². The topological polar surface area (TPSA) is 76.1 Å². The quantitative estimate of drug-likeness (QED) is 0.809. The van der Waals surface area contributed by atoms with Gasteiger partial charge in [0.1, 0.15) is 16.6 Å². The molecule has 0 saturated heterocycles. The molecule has 2 atom stereocenters. The molecule has 2 unspecified atom stereocenters. The molecule has 126 valence electrons. The molecule has 1 aliphatic rings. The monoisotopic (exact) mass is 344 g/mol. The van der Waals surface area contributed by atoms with Crippen LogP contribution in [0.5, 0.6) is 5.75 Å². The number of benzene rings is 1. The second-order valence-corrected chi connectivity index (χ2v) is 6.40. The molecule has 1 aliphatic heterocycles. The van der Waals surface area contributed by atoms with Crippen LogP contribution in [0.2, 0.25) is 0 Å². The Labute approximate surface area is 145 Å². The smallest absolute Gasteiger partial charge is 0.265 e. The van der Waals surface area contributed by atoms with E-state index >= 15 is 0 Å². The van der Waals surface area contributed by atoms with E-state index in [-0.39, 0.29) is 11.9 Å². The van der Waals surface area contributed by atoms with Crippen molar-refractivity contribution in [1.82, 2.24) is 9.97 Å². The van der Waals surface area contributed by atoms with Crippen molar-refractivity contribution in [3.63, 3.8) is 0 Å². The van der Waals surface area contributed by atoms with Gasteiger partial charge >= 0.3 is 0 Å². The third kappa shape index (κ3) is 3.46. The largest absolute Gasteiger partial charge is 0.478 e. The van der Waals surface area contributed by atoms with E-state index in [9.17, 15) is 4.79 Å². The fraction of sp³-hybridized carbons (Fsp3) is 0.353. The molecule has 0 saturated carbocycles. The predicted molar refractivity (Wildman–Crippen MR) is 95.6 cm³/mol. The van der Waals surface area contributed by atoms with Crippen LogP contribution in [0.1, 0.15) is 31.9 Å². The van der Waals surface area contributed by atoms with Crippen LogP contribution in [0.25, 0.3) is 0 Å². The van der Waals surface area contributed by atoms with E-state index in [0.717, 1.165) is 16.4 Å². The summed E-state index contributed by atoms with van der Waals surface area (Å²) in [5.41, 5.74) is 1.76. The molecule has 0 fully saturated rings. The summed E-state index contributed by atoms with van der Waals surface area (Å²) in [6.07, 6.45) is 5.62. The summed E-state index contributed by atoms with van der Waals surface area (Å²) < 4.78 is 5.80. The fourth-order valence-electron chi connectivity index (χ4n) is 2.52. The van der Waals surface area contributed by atoms with E-state index in [1.165, 1.54) is 0 Å². The number of nitrogens with zero attached hydrogens (tertiary/aromatic N) is 2. The van der Waals surface area contributed by atoms with Crippen molar-refractivity contribution < 1.29 is 9.53 Å². The lowest BCUT2D eigenvalue weighted by Crippen LogP contribution is -2.36. The van der Waals surface area contributed by atoms with Gasteiger partial charge in [-0.15, -0.1) is 11.8 Å². The van der Waals surface area contributed by atoms with Crippen LogP contribution in [0.15, 0.2) is 35.6 Å². The molecule has 0 aliphatic carbocycles. The third-order valence-electron chi connectivity index (χ3n) is 3.88. The van der Waals surface area contributed by atoms with Gasteiger partial charge in [0.05, 0.1) is 24.1 Å². The lowest BCUT2D eigenvalue weighted by molar-refractivity contribution is -0.123. The number of nitrogens with one attached hydrogen (secondary N) is 2. The first kappa shape index (κ1) is 16.6. The van der Waals surface area contributed by atoms with Gasteiger partial charge in [-0.2, -0.15) is 0 Å². The average molecular weight is 344 g/mol. The number of hydrogen-bond donors (Lipinski definition) is 2. The van der Waals surface area contributed by atoms with Crippen LogP contribution in [0, 0.1) is 0 Å². The first-order chi connectivity index (χ1) is 11.6. The summed E-state index contributed by atoms with van der Waals surface area (Å²) >= 11 is 1.55. The molecule has 1 aromatic carbocycles. The van der Waals surface area contributed by atoms with Crippen LogP contribution in [0.4, 0.5) is 11.5 Å². The highest BCUT2D eigenvalue weighted by atomic mass is 32.2. The Kier molecular flexibility index (Phi) is 4.89. The zero-order chi connectivity index (χ0) is 17.1. The molecular weight excluding hydrogens is 324 g/mol. The maximum Gasteiger partial charge on any atom is 0.265 e. The van der Waals surface area contributed by atoms with Crippen molar-refractivity contribution in [3.05, 3.63) is 36.2 Å². The van der Waals surface area contributed by atoms with Crippen molar-refractivity contribution in [2.75, 3.05) is 16.9 Å². The molecule has 6 nitrogen and oxygen atoms in total. The second kappa shape index (κ2) is 7.09. The summed E-state index contributed by atoms with van der Waals surface area (Å²) in [6.45, 7) is 3.98. The number of hydrogen-bond acceptors (Lipinski definition) is 6. The fourth-order valence-corrected chi connectivity index (χ4v) is 2.87. The Morgan fingerprint density at radius 1 is 1.42 bits per heavy atom. The first-order valence-corrected chi connectivity index (χ1v) is 9.07. The molecule has 2 aromatic rings.